The Labute approximate surface area is 97.2 Å². The molecule has 16 heavy (non-hydrogen) atoms. The Kier molecular flexibility index (Phi) is 4.69. The first-order valence-corrected chi connectivity index (χ1v) is 5.06. The summed E-state index contributed by atoms with van der Waals surface area (Å²) in [5, 5.41) is 3.13. The molecule has 1 aromatic carbocycles. The molecule has 1 rings (SSSR count). The van der Waals surface area contributed by atoms with Gasteiger partial charge in [-0.1, -0.05) is 48.9 Å². The molecule has 0 aromatic heterocycles. The van der Waals surface area contributed by atoms with Crippen LogP contribution in [0.15, 0.2) is 55.1 Å². The zero-order valence-corrected chi connectivity index (χ0v) is 9.40. The number of allylic oxidation sites excluding steroid dienone is 4. The molecule has 0 radical (unpaired) electrons. The Morgan fingerprint density at radius 1 is 1.38 bits per heavy atom. The van der Waals surface area contributed by atoms with Crippen molar-refractivity contribution in [2.24, 2.45) is 0 Å². The summed E-state index contributed by atoms with van der Waals surface area (Å²) in [6.07, 6.45) is 13.0. The van der Waals surface area contributed by atoms with Crippen molar-refractivity contribution in [3.8, 4) is 12.3 Å². The van der Waals surface area contributed by atoms with E-state index in [9.17, 15) is 0 Å². The van der Waals surface area contributed by atoms with E-state index in [1.54, 1.807) is 6.08 Å². The normalized spacial score (nSPS) is 11.1. The lowest BCUT2D eigenvalue weighted by Crippen LogP contribution is -2.05. The van der Waals surface area contributed by atoms with E-state index >= 15 is 0 Å². The first kappa shape index (κ1) is 11.9. The Balaban J connectivity index is 3.14. The highest BCUT2D eigenvalue weighted by atomic mass is 14.8. The molecule has 0 fully saturated rings. The Bertz CT molecular complexity index is 459. The summed E-state index contributed by atoms with van der Waals surface area (Å²) in [7, 11) is 1.88. The largest absolute Gasteiger partial charge is 0.388 e. The molecule has 1 aromatic rings. The van der Waals surface area contributed by atoms with E-state index in [0.717, 1.165) is 16.8 Å². The van der Waals surface area contributed by atoms with Crippen molar-refractivity contribution >= 4 is 5.70 Å². The Morgan fingerprint density at radius 2 is 2.12 bits per heavy atom. The van der Waals surface area contributed by atoms with Gasteiger partial charge in [-0.3, -0.25) is 0 Å². The van der Waals surface area contributed by atoms with Crippen LogP contribution in [0.3, 0.4) is 0 Å². The van der Waals surface area contributed by atoms with Crippen LogP contribution in [0.25, 0.3) is 5.70 Å². The summed E-state index contributed by atoms with van der Waals surface area (Å²) in [5.41, 5.74) is 2.91. The van der Waals surface area contributed by atoms with Gasteiger partial charge in [0, 0.05) is 23.9 Å². The summed E-state index contributed by atoms with van der Waals surface area (Å²) < 4.78 is 0. The Hall–Kier alpha value is -2.20. The fourth-order valence-electron chi connectivity index (χ4n) is 1.38. The maximum Gasteiger partial charge on any atom is 0.0423 e. The molecular formula is C15H15N. The van der Waals surface area contributed by atoms with Crippen LogP contribution < -0.4 is 5.32 Å². The summed E-state index contributed by atoms with van der Waals surface area (Å²) in [4.78, 5) is 0. The predicted octanol–water partition coefficient (Wildman–Crippen LogP) is 2.97. The van der Waals surface area contributed by atoms with Crippen molar-refractivity contribution < 1.29 is 0 Å². The van der Waals surface area contributed by atoms with Crippen molar-refractivity contribution in [3.05, 3.63) is 66.3 Å². The zero-order valence-electron chi connectivity index (χ0n) is 9.40. The third kappa shape index (κ3) is 2.90. The smallest absolute Gasteiger partial charge is 0.0423 e. The fourth-order valence-corrected chi connectivity index (χ4v) is 1.38. The lowest BCUT2D eigenvalue weighted by Gasteiger charge is -2.08. The molecule has 1 N–H and O–H groups in total. The third-order valence-corrected chi connectivity index (χ3v) is 2.15. The first-order chi connectivity index (χ1) is 7.83. The number of rotatable bonds is 4. The molecule has 1 nitrogen and oxygen atoms in total. The van der Waals surface area contributed by atoms with Gasteiger partial charge in [-0.2, -0.15) is 0 Å². The first-order valence-electron chi connectivity index (χ1n) is 5.06. The molecule has 80 valence electrons. The topological polar surface area (TPSA) is 12.0 Å². The van der Waals surface area contributed by atoms with Crippen molar-refractivity contribution in [2.75, 3.05) is 7.05 Å². The van der Waals surface area contributed by atoms with Gasteiger partial charge >= 0.3 is 0 Å². The lowest BCUT2D eigenvalue weighted by molar-refractivity contribution is 1.12. The van der Waals surface area contributed by atoms with Crippen molar-refractivity contribution in [3.63, 3.8) is 0 Å². The van der Waals surface area contributed by atoms with Gasteiger partial charge in [0.25, 0.3) is 0 Å². The molecule has 0 saturated carbocycles. The number of benzene rings is 1. The van der Waals surface area contributed by atoms with Gasteiger partial charge in [-0.05, 0) is 12.1 Å². The molecule has 0 heterocycles. The number of terminal acetylenes is 1. The van der Waals surface area contributed by atoms with Crippen LogP contribution in [0.4, 0.5) is 0 Å². The minimum atomic E-state index is 0.884. The van der Waals surface area contributed by atoms with Gasteiger partial charge in [0.15, 0.2) is 0 Å². The van der Waals surface area contributed by atoms with Crippen LogP contribution in [-0.4, -0.2) is 7.05 Å². The van der Waals surface area contributed by atoms with E-state index in [-0.39, 0.29) is 0 Å². The van der Waals surface area contributed by atoms with Crippen LogP contribution in [0.1, 0.15) is 11.1 Å². The van der Waals surface area contributed by atoms with Crippen molar-refractivity contribution in [1.29, 1.82) is 0 Å². The lowest BCUT2D eigenvalue weighted by atomic mass is 10.0. The molecule has 0 aliphatic heterocycles. The van der Waals surface area contributed by atoms with Crippen LogP contribution in [0.5, 0.6) is 0 Å². The van der Waals surface area contributed by atoms with Crippen LogP contribution in [-0.2, 0) is 0 Å². The maximum absolute atomic E-state index is 5.46. The second-order valence-electron chi connectivity index (χ2n) is 3.14. The van der Waals surface area contributed by atoms with Gasteiger partial charge in [0.05, 0.1) is 0 Å². The molecule has 0 aliphatic carbocycles. The molecule has 0 amide bonds. The van der Waals surface area contributed by atoms with Gasteiger partial charge in [0.2, 0.25) is 0 Å². The van der Waals surface area contributed by atoms with E-state index in [1.165, 1.54) is 0 Å². The summed E-state index contributed by atoms with van der Waals surface area (Å²) in [5.74, 6) is 2.68. The minimum Gasteiger partial charge on any atom is -0.388 e. The average molecular weight is 209 g/mol. The quantitative estimate of drug-likeness (QED) is 0.594. The average Bonchev–Trinajstić information content (AvgIpc) is 2.35. The highest BCUT2D eigenvalue weighted by Gasteiger charge is 2.02. The third-order valence-electron chi connectivity index (χ3n) is 2.15. The van der Waals surface area contributed by atoms with Crippen LogP contribution >= 0.6 is 0 Å². The summed E-state index contributed by atoms with van der Waals surface area (Å²) in [6.45, 7) is 3.62. The SMILES string of the molecule is C#Cc1ccccc1/C(=C/C=C\C=C)NC. The summed E-state index contributed by atoms with van der Waals surface area (Å²) in [6, 6.07) is 7.83. The zero-order chi connectivity index (χ0) is 11.8. The maximum atomic E-state index is 5.46. The molecule has 1 heteroatoms. The molecule has 0 atom stereocenters. The van der Waals surface area contributed by atoms with Crippen LogP contribution in [0.2, 0.25) is 0 Å². The fraction of sp³-hybridized carbons (Fsp3) is 0.0667. The standard InChI is InChI=1S/C15H15N/c1-4-6-7-12-15(16-3)14-11-9-8-10-13(14)5-2/h2,4,6-12,16H,1H2,3H3/b7-6-,15-12-. The number of hydrogen-bond acceptors (Lipinski definition) is 1. The van der Waals surface area contributed by atoms with E-state index in [0.29, 0.717) is 0 Å². The van der Waals surface area contributed by atoms with E-state index in [2.05, 4.69) is 17.8 Å². The molecule has 0 spiro atoms. The van der Waals surface area contributed by atoms with Gasteiger partial charge in [-0.15, -0.1) is 6.42 Å². The number of hydrogen-bond donors (Lipinski definition) is 1. The summed E-state index contributed by atoms with van der Waals surface area (Å²) >= 11 is 0. The highest BCUT2D eigenvalue weighted by molar-refractivity contribution is 5.70. The second kappa shape index (κ2) is 6.31. The van der Waals surface area contributed by atoms with E-state index in [1.807, 2.05) is 49.5 Å². The predicted molar refractivity (Wildman–Crippen MR) is 70.8 cm³/mol. The van der Waals surface area contributed by atoms with Crippen molar-refractivity contribution in [1.82, 2.24) is 5.32 Å². The van der Waals surface area contributed by atoms with Crippen LogP contribution in [0, 0.1) is 12.3 Å². The molecule has 0 aliphatic rings. The molecule has 0 bridgehead atoms. The molecular weight excluding hydrogens is 194 g/mol. The molecule has 0 unspecified atom stereocenters. The molecule has 0 saturated heterocycles. The van der Waals surface area contributed by atoms with Gasteiger partial charge in [0.1, 0.15) is 0 Å². The van der Waals surface area contributed by atoms with Gasteiger partial charge < -0.3 is 5.32 Å². The van der Waals surface area contributed by atoms with Gasteiger partial charge in [-0.25, -0.2) is 0 Å². The monoisotopic (exact) mass is 209 g/mol. The highest BCUT2D eigenvalue weighted by Crippen LogP contribution is 2.15. The van der Waals surface area contributed by atoms with Crippen molar-refractivity contribution in [2.45, 2.75) is 0 Å². The second-order valence-corrected chi connectivity index (χ2v) is 3.14. The Morgan fingerprint density at radius 3 is 2.75 bits per heavy atom. The van der Waals surface area contributed by atoms with E-state index in [4.69, 9.17) is 6.42 Å². The minimum absolute atomic E-state index is 0.884. The number of nitrogens with one attached hydrogen (secondary N) is 1. The van der Waals surface area contributed by atoms with E-state index < -0.39 is 0 Å².